The van der Waals surface area contributed by atoms with Crippen molar-refractivity contribution in [1.29, 1.82) is 0 Å². The Morgan fingerprint density at radius 1 is 1.23 bits per heavy atom. The van der Waals surface area contributed by atoms with Gasteiger partial charge in [0.15, 0.2) is 0 Å². The van der Waals surface area contributed by atoms with E-state index in [0.717, 1.165) is 30.0 Å². The standard InChI is InChI=1S/C17H23N5/c1-12(2)22-10-4-5-15(22)14-8-9-18-17(20-14)21-16-7-6-13(3)11-19-16/h6-9,11-12,15H,4-5,10H2,1-3H3,(H,18,19,20,21). The number of aromatic nitrogens is 3. The van der Waals surface area contributed by atoms with E-state index in [9.17, 15) is 0 Å². The second-order valence-electron chi connectivity index (χ2n) is 6.14. The number of hydrogen-bond donors (Lipinski definition) is 1. The van der Waals surface area contributed by atoms with E-state index >= 15 is 0 Å². The molecule has 0 aromatic carbocycles. The number of pyridine rings is 1. The predicted octanol–water partition coefficient (Wildman–Crippen LogP) is 3.47. The highest BCUT2D eigenvalue weighted by molar-refractivity contribution is 5.47. The summed E-state index contributed by atoms with van der Waals surface area (Å²) in [4.78, 5) is 15.9. The summed E-state index contributed by atoms with van der Waals surface area (Å²) in [6.45, 7) is 7.66. The van der Waals surface area contributed by atoms with Gasteiger partial charge >= 0.3 is 0 Å². The van der Waals surface area contributed by atoms with Gasteiger partial charge < -0.3 is 5.32 Å². The number of rotatable bonds is 4. The summed E-state index contributed by atoms with van der Waals surface area (Å²) in [7, 11) is 0. The van der Waals surface area contributed by atoms with Gasteiger partial charge in [-0.15, -0.1) is 0 Å². The second kappa shape index (κ2) is 6.40. The third-order valence-corrected chi connectivity index (χ3v) is 4.13. The maximum absolute atomic E-state index is 4.70. The minimum atomic E-state index is 0.398. The van der Waals surface area contributed by atoms with Crippen molar-refractivity contribution in [3.05, 3.63) is 41.9 Å². The van der Waals surface area contributed by atoms with E-state index in [1.165, 1.54) is 6.42 Å². The quantitative estimate of drug-likeness (QED) is 0.936. The fourth-order valence-electron chi connectivity index (χ4n) is 3.00. The van der Waals surface area contributed by atoms with E-state index in [4.69, 9.17) is 4.98 Å². The van der Waals surface area contributed by atoms with Crippen LogP contribution in [0.1, 0.15) is 44.0 Å². The van der Waals surface area contributed by atoms with Gasteiger partial charge in [-0.05, 0) is 57.9 Å². The lowest BCUT2D eigenvalue weighted by atomic mass is 10.1. The molecule has 1 aliphatic heterocycles. The molecule has 2 aromatic rings. The van der Waals surface area contributed by atoms with Crippen LogP contribution in [0.15, 0.2) is 30.6 Å². The molecule has 3 heterocycles. The van der Waals surface area contributed by atoms with Crippen LogP contribution in [0.25, 0.3) is 0 Å². The molecule has 0 amide bonds. The first kappa shape index (κ1) is 14.9. The van der Waals surface area contributed by atoms with Crippen LogP contribution in [-0.2, 0) is 0 Å². The van der Waals surface area contributed by atoms with Gasteiger partial charge in [-0.25, -0.2) is 15.0 Å². The molecule has 22 heavy (non-hydrogen) atoms. The Hall–Kier alpha value is -2.01. The molecule has 1 unspecified atom stereocenters. The average Bonchev–Trinajstić information content (AvgIpc) is 3.00. The average molecular weight is 297 g/mol. The minimum Gasteiger partial charge on any atom is -0.309 e. The van der Waals surface area contributed by atoms with Crippen LogP contribution < -0.4 is 5.32 Å². The number of nitrogens with zero attached hydrogens (tertiary/aromatic N) is 4. The summed E-state index contributed by atoms with van der Waals surface area (Å²) in [6.07, 6.45) is 6.06. The molecule has 1 N–H and O–H groups in total. The van der Waals surface area contributed by atoms with Crippen molar-refractivity contribution in [1.82, 2.24) is 19.9 Å². The van der Waals surface area contributed by atoms with Crippen molar-refractivity contribution in [2.75, 3.05) is 11.9 Å². The van der Waals surface area contributed by atoms with E-state index in [0.29, 0.717) is 18.0 Å². The van der Waals surface area contributed by atoms with Crippen LogP contribution in [0.5, 0.6) is 0 Å². The lowest BCUT2D eigenvalue weighted by molar-refractivity contribution is 0.202. The zero-order valence-corrected chi connectivity index (χ0v) is 13.5. The first-order chi connectivity index (χ1) is 10.6. The molecule has 0 saturated carbocycles. The van der Waals surface area contributed by atoms with Gasteiger partial charge in [0, 0.05) is 18.4 Å². The van der Waals surface area contributed by atoms with Gasteiger partial charge in [0.2, 0.25) is 5.95 Å². The molecule has 5 heteroatoms. The van der Waals surface area contributed by atoms with Crippen molar-refractivity contribution >= 4 is 11.8 Å². The van der Waals surface area contributed by atoms with Gasteiger partial charge in [0.05, 0.1) is 11.7 Å². The highest BCUT2D eigenvalue weighted by Crippen LogP contribution is 2.32. The number of anilines is 2. The minimum absolute atomic E-state index is 0.398. The molecule has 116 valence electrons. The Morgan fingerprint density at radius 2 is 2.09 bits per heavy atom. The van der Waals surface area contributed by atoms with Crippen LogP contribution in [0.2, 0.25) is 0 Å². The van der Waals surface area contributed by atoms with Gasteiger partial charge in [-0.3, -0.25) is 4.90 Å². The number of aryl methyl sites for hydroxylation is 1. The first-order valence-electron chi connectivity index (χ1n) is 7.92. The normalized spacial score (nSPS) is 18.8. The molecule has 0 bridgehead atoms. The third kappa shape index (κ3) is 3.25. The Bertz CT molecular complexity index is 623. The zero-order chi connectivity index (χ0) is 15.5. The van der Waals surface area contributed by atoms with Crippen LogP contribution in [0, 0.1) is 6.92 Å². The Morgan fingerprint density at radius 3 is 2.82 bits per heavy atom. The van der Waals surface area contributed by atoms with E-state index in [-0.39, 0.29) is 0 Å². The SMILES string of the molecule is Cc1ccc(Nc2nccc(C3CCCN3C(C)C)n2)nc1. The molecular weight excluding hydrogens is 274 g/mol. The van der Waals surface area contributed by atoms with E-state index < -0.39 is 0 Å². The maximum atomic E-state index is 4.70. The molecule has 3 rings (SSSR count). The van der Waals surface area contributed by atoms with Crippen molar-refractivity contribution in [3.8, 4) is 0 Å². The fraction of sp³-hybridized carbons (Fsp3) is 0.471. The molecule has 5 nitrogen and oxygen atoms in total. The van der Waals surface area contributed by atoms with Gasteiger partial charge in [0.25, 0.3) is 0 Å². The predicted molar refractivity (Wildman–Crippen MR) is 88.1 cm³/mol. The monoisotopic (exact) mass is 297 g/mol. The lowest BCUT2D eigenvalue weighted by Crippen LogP contribution is -2.30. The molecule has 0 aliphatic carbocycles. The molecule has 0 spiro atoms. The van der Waals surface area contributed by atoms with Crippen molar-refractivity contribution in [2.45, 2.75) is 45.7 Å². The van der Waals surface area contributed by atoms with Gasteiger partial charge in [0.1, 0.15) is 5.82 Å². The summed E-state index contributed by atoms with van der Waals surface area (Å²) in [6, 6.07) is 6.93. The topological polar surface area (TPSA) is 53.9 Å². The van der Waals surface area contributed by atoms with Gasteiger partial charge in [-0.2, -0.15) is 0 Å². The highest BCUT2D eigenvalue weighted by atomic mass is 15.2. The Balaban J connectivity index is 1.79. The summed E-state index contributed by atoms with van der Waals surface area (Å²) in [5.74, 6) is 1.39. The van der Waals surface area contributed by atoms with E-state index in [1.54, 1.807) is 0 Å². The third-order valence-electron chi connectivity index (χ3n) is 4.13. The molecule has 2 aromatic heterocycles. The molecule has 1 aliphatic rings. The molecule has 0 radical (unpaired) electrons. The van der Waals surface area contributed by atoms with Crippen molar-refractivity contribution < 1.29 is 0 Å². The number of nitrogens with one attached hydrogen (secondary N) is 1. The lowest BCUT2D eigenvalue weighted by Gasteiger charge is -2.27. The van der Waals surface area contributed by atoms with E-state index in [1.807, 2.05) is 37.5 Å². The number of likely N-dealkylation sites (tertiary alicyclic amines) is 1. The van der Waals surface area contributed by atoms with Crippen molar-refractivity contribution in [2.24, 2.45) is 0 Å². The zero-order valence-electron chi connectivity index (χ0n) is 13.5. The molecule has 1 fully saturated rings. The fourth-order valence-corrected chi connectivity index (χ4v) is 3.00. The first-order valence-corrected chi connectivity index (χ1v) is 7.92. The van der Waals surface area contributed by atoms with Crippen LogP contribution >= 0.6 is 0 Å². The summed E-state index contributed by atoms with van der Waals surface area (Å²) in [5.41, 5.74) is 2.23. The Labute approximate surface area is 131 Å². The summed E-state index contributed by atoms with van der Waals surface area (Å²) in [5, 5.41) is 3.19. The largest absolute Gasteiger partial charge is 0.309 e. The van der Waals surface area contributed by atoms with Crippen LogP contribution in [0.4, 0.5) is 11.8 Å². The summed E-state index contributed by atoms with van der Waals surface area (Å²) < 4.78 is 0. The van der Waals surface area contributed by atoms with Gasteiger partial charge in [-0.1, -0.05) is 6.07 Å². The second-order valence-corrected chi connectivity index (χ2v) is 6.14. The number of hydrogen-bond acceptors (Lipinski definition) is 5. The molecular formula is C17H23N5. The highest BCUT2D eigenvalue weighted by Gasteiger charge is 2.29. The molecule has 1 saturated heterocycles. The van der Waals surface area contributed by atoms with Crippen molar-refractivity contribution in [3.63, 3.8) is 0 Å². The molecule has 1 atom stereocenters. The maximum Gasteiger partial charge on any atom is 0.228 e. The van der Waals surface area contributed by atoms with Crippen LogP contribution in [-0.4, -0.2) is 32.4 Å². The van der Waals surface area contributed by atoms with Crippen LogP contribution in [0.3, 0.4) is 0 Å². The van der Waals surface area contributed by atoms with E-state index in [2.05, 4.69) is 34.0 Å². The smallest absolute Gasteiger partial charge is 0.228 e. The summed E-state index contributed by atoms with van der Waals surface area (Å²) >= 11 is 0. The Kier molecular flexibility index (Phi) is 4.34.